The summed E-state index contributed by atoms with van der Waals surface area (Å²) >= 11 is 0. The van der Waals surface area contributed by atoms with Crippen LogP contribution in [0.5, 0.6) is 0 Å². The predicted molar refractivity (Wildman–Crippen MR) is 131 cm³/mol. The molecule has 2 bridgehead atoms. The summed E-state index contributed by atoms with van der Waals surface area (Å²) in [4.78, 5) is 13.8. The lowest BCUT2D eigenvalue weighted by Gasteiger charge is -2.56. The van der Waals surface area contributed by atoms with Crippen LogP contribution in [0.2, 0.25) is 0 Å². The highest BCUT2D eigenvalue weighted by Crippen LogP contribution is 2.72. The van der Waals surface area contributed by atoms with Gasteiger partial charge in [-0.05, 0) is 92.2 Å². The number of hydrogen-bond donors (Lipinski definition) is 0. The number of ketones is 1. The fraction of sp³-hybridized carbons (Fsp3) is 0.500. The highest BCUT2D eigenvalue weighted by molar-refractivity contribution is 6.07. The first-order valence-corrected chi connectivity index (χ1v) is 12.6. The van der Waals surface area contributed by atoms with E-state index in [-0.39, 0.29) is 5.41 Å². The number of carbonyl (C=O) groups excluding carboxylic acids is 1. The van der Waals surface area contributed by atoms with Gasteiger partial charge < -0.3 is 4.57 Å². The molecular weight excluding hydrogens is 390 g/mol. The Kier molecular flexibility index (Phi) is 4.48. The van der Waals surface area contributed by atoms with E-state index in [0.717, 1.165) is 24.0 Å². The molecule has 3 aromatic rings. The van der Waals surface area contributed by atoms with Crippen molar-refractivity contribution in [3.05, 3.63) is 71.4 Å². The number of aryl methyl sites for hydroxylation is 1. The molecule has 2 heteroatoms. The maximum absolute atomic E-state index is 13.8. The van der Waals surface area contributed by atoms with Gasteiger partial charge in [-0.15, -0.1) is 0 Å². The fourth-order valence-electron chi connectivity index (χ4n) is 7.12. The Labute approximate surface area is 192 Å². The Balaban J connectivity index is 1.30. The molecule has 0 amide bonds. The number of benzene rings is 2. The van der Waals surface area contributed by atoms with Crippen LogP contribution in [0.3, 0.4) is 0 Å². The number of hydrogen-bond acceptors (Lipinski definition) is 1. The van der Waals surface area contributed by atoms with Gasteiger partial charge >= 0.3 is 0 Å². The van der Waals surface area contributed by atoms with Crippen LogP contribution in [0.15, 0.2) is 54.7 Å². The molecular formula is C30H35NO. The van der Waals surface area contributed by atoms with Crippen molar-refractivity contribution in [3.8, 4) is 0 Å². The van der Waals surface area contributed by atoms with Crippen molar-refractivity contribution < 1.29 is 4.79 Å². The Morgan fingerprint density at radius 1 is 0.875 bits per heavy atom. The molecule has 2 nitrogen and oxygen atoms in total. The smallest absolute Gasteiger partial charge is 0.165 e. The Bertz CT molecular complexity index is 1150. The van der Waals surface area contributed by atoms with Crippen LogP contribution in [0.1, 0.15) is 86.2 Å². The zero-order valence-corrected chi connectivity index (χ0v) is 19.6. The summed E-state index contributed by atoms with van der Waals surface area (Å²) in [5.41, 5.74) is 5.91. The monoisotopic (exact) mass is 425 g/mol. The van der Waals surface area contributed by atoms with E-state index in [0.29, 0.717) is 16.6 Å². The third-order valence-electron chi connectivity index (χ3n) is 9.66. The van der Waals surface area contributed by atoms with Crippen molar-refractivity contribution in [3.63, 3.8) is 0 Å². The first kappa shape index (κ1) is 20.3. The topological polar surface area (TPSA) is 22.0 Å². The average Bonchev–Trinajstić information content (AvgIpc) is 3.49. The van der Waals surface area contributed by atoms with Crippen molar-refractivity contribution in [1.82, 2.24) is 4.57 Å². The van der Waals surface area contributed by atoms with Crippen molar-refractivity contribution in [2.75, 3.05) is 0 Å². The molecule has 4 saturated carbocycles. The number of para-hydroxylation sites is 1. The van der Waals surface area contributed by atoms with Gasteiger partial charge in [0.05, 0.1) is 5.52 Å². The Hall–Kier alpha value is -2.35. The number of fused-ring (bicyclic) bond motifs is 4. The van der Waals surface area contributed by atoms with E-state index in [1.54, 1.807) is 0 Å². The minimum absolute atomic E-state index is 0.280. The van der Waals surface area contributed by atoms with Crippen molar-refractivity contribution in [2.45, 2.75) is 78.2 Å². The van der Waals surface area contributed by atoms with Gasteiger partial charge in [0.1, 0.15) is 0 Å². The van der Waals surface area contributed by atoms with E-state index in [1.807, 2.05) is 0 Å². The van der Waals surface area contributed by atoms with Crippen LogP contribution >= 0.6 is 0 Å². The number of nitrogens with zero attached hydrogens (tertiary/aromatic N) is 1. The maximum Gasteiger partial charge on any atom is 0.165 e. The van der Waals surface area contributed by atoms with E-state index in [2.05, 4.69) is 73.1 Å². The highest BCUT2D eigenvalue weighted by atomic mass is 16.1. The minimum Gasteiger partial charge on any atom is -0.342 e. The van der Waals surface area contributed by atoms with Crippen LogP contribution < -0.4 is 0 Å². The molecule has 4 aliphatic carbocycles. The molecule has 0 saturated heterocycles. The SMILES string of the molecule is Cc1ccc(Cn2ccc3cccc(C(=O)CC4(C56CCC(C)(CC5)CC6)CC4)c32)cc1. The fourth-order valence-corrected chi connectivity index (χ4v) is 7.12. The lowest BCUT2D eigenvalue weighted by atomic mass is 9.49. The number of Topliss-reactive ketones (excluding diaryl/α,β-unsaturated/α-hetero) is 1. The summed E-state index contributed by atoms with van der Waals surface area (Å²) in [6, 6.07) is 17.2. The second-order valence-electron chi connectivity index (χ2n) is 11.6. The zero-order chi connectivity index (χ0) is 22.0. The molecule has 0 N–H and O–H groups in total. The third-order valence-corrected chi connectivity index (χ3v) is 9.66. The molecule has 1 heterocycles. The van der Waals surface area contributed by atoms with Crippen molar-refractivity contribution in [1.29, 1.82) is 0 Å². The van der Waals surface area contributed by atoms with Gasteiger partial charge in [-0.2, -0.15) is 0 Å². The third kappa shape index (κ3) is 3.17. The van der Waals surface area contributed by atoms with Crippen molar-refractivity contribution >= 4 is 16.7 Å². The van der Waals surface area contributed by atoms with Gasteiger partial charge in [0, 0.05) is 30.1 Å². The molecule has 4 fully saturated rings. The first-order valence-electron chi connectivity index (χ1n) is 12.6. The average molecular weight is 426 g/mol. The van der Waals surface area contributed by atoms with Gasteiger partial charge in [-0.3, -0.25) is 4.79 Å². The van der Waals surface area contributed by atoms with Crippen LogP contribution in [0, 0.1) is 23.2 Å². The molecule has 0 aliphatic heterocycles. The second-order valence-corrected chi connectivity index (χ2v) is 11.6. The van der Waals surface area contributed by atoms with E-state index in [4.69, 9.17) is 0 Å². The van der Waals surface area contributed by atoms with E-state index in [9.17, 15) is 4.79 Å². The molecule has 7 rings (SSSR count). The van der Waals surface area contributed by atoms with Gasteiger partial charge in [0.2, 0.25) is 0 Å². The Morgan fingerprint density at radius 3 is 2.22 bits per heavy atom. The minimum atomic E-state index is 0.280. The van der Waals surface area contributed by atoms with Crippen LogP contribution in [0.25, 0.3) is 10.9 Å². The summed E-state index contributed by atoms with van der Waals surface area (Å²) < 4.78 is 2.28. The lowest BCUT2D eigenvalue weighted by molar-refractivity contribution is -0.0500. The summed E-state index contributed by atoms with van der Waals surface area (Å²) in [7, 11) is 0. The van der Waals surface area contributed by atoms with Crippen LogP contribution in [-0.2, 0) is 6.54 Å². The van der Waals surface area contributed by atoms with E-state index in [1.165, 1.54) is 67.9 Å². The molecule has 0 unspecified atom stereocenters. The van der Waals surface area contributed by atoms with E-state index < -0.39 is 0 Å². The van der Waals surface area contributed by atoms with Gasteiger partial charge in [0.25, 0.3) is 0 Å². The summed E-state index contributed by atoms with van der Waals surface area (Å²) in [6.07, 6.45) is 13.6. The molecule has 2 aromatic carbocycles. The molecule has 32 heavy (non-hydrogen) atoms. The largest absolute Gasteiger partial charge is 0.342 e. The summed E-state index contributed by atoms with van der Waals surface area (Å²) in [5, 5.41) is 1.18. The molecule has 0 atom stereocenters. The van der Waals surface area contributed by atoms with Gasteiger partial charge in [0.15, 0.2) is 5.78 Å². The van der Waals surface area contributed by atoms with Crippen LogP contribution in [-0.4, -0.2) is 10.4 Å². The Morgan fingerprint density at radius 2 is 1.56 bits per heavy atom. The lowest BCUT2D eigenvalue weighted by Crippen LogP contribution is -2.45. The number of carbonyl (C=O) groups is 1. The first-order chi connectivity index (χ1) is 15.4. The zero-order valence-electron chi connectivity index (χ0n) is 19.6. The summed E-state index contributed by atoms with van der Waals surface area (Å²) in [6.45, 7) is 5.42. The number of aromatic nitrogens is 1. The molecule has 0 spiro atoms. The normalized spacial score (nSPS) is 28.2. The number of rotatable bonds is 6. The predicted octanol–water partition coefficient (Wildman–Crippen LogP) is 7.71. The standard InChI is InChI=1S/C30H35NO/c1-22-6-8-23(9-7-22)21-31-19-10-24-4-3-5-25(27(24)31)26(32)20-30(17-18-30)29-14-11-28(2,12-15-29)13-16-29/h3-10,19H,11-18,20-21H2,1-2H3. The molecule has 166 valence electrons. The van der Waals surface area contributed by atoms with Gasteiger partial charge in [-0.1, -0.05) is 48.9 Å². The second kappa shape index (κ2) is 7.07. The quantitative estimate of drug-likeness (QED) is 0.371. The van der Waals surface area contributed by atoms with Crippen molar-refractivity contribution in [2.24, 2.45) is 16.2 Å². The van der Waals surface area contributed by atoms with Gasteiger partial charge in [-0.25, -0.2) is 0 Å². The highest BCUT2D eigenvalue weighted by Gasteiger charge is 2.62. The molecule has 1 aromatic heterocycles. The molecule has 0 radical (unpaired) electrons. The summed E-state index contributed by atoms with van der Waals surface area (Å²) in [5.74, 6) is 0.366. The molecule has 4 aliphatic rings. The maximum atomic E-state index is 13.8. The van der Waals surface area contributed by atoms with E-state index >= 15 is 0 Å². The van der Waals surface area contributed by atoms with Crippen LogP contribution in [0.4, 0.5) is 0 Å².